The van der Waals surface area contributed by atoms with E-state index in [0.717, 1.165) is 5.56 Å². The van der Waals surface area contributed by atoms with Crippen molar-refractivity contribution >= 4 is 27.5 Å². The Hall–Kier alpha value is -2.09. The minimum absolute atomic E-state index is 0.0980. The number of nitrogens with one attached hydrogen (secondary N) is 2. The van der Waals surface area contributed by atoms with Crippen LogP contribution in [0.1, 0.15) is 19.4 Å². The average molecular weight is 411 g/mol. The third-order valence-electron chi connectivity index (χ3n) is 3.74. The van der Waals surface area contributed by atoms with Gasteiger partial charge in [-0.15, -0.1) is 0 Å². The summed E-state index contributed by atoms with van der Waals surface area (Å²) in [5, 5.41) is 2.93. The van der Waals surface area contributed by atoms with Crippen LogP contribution in [0.5, 0.6) is 5.75 Å². The number of halogens is 1. The Morgan fingerprint density at radius 1 is 1.15 bits per heavy atom. The third-order valence-corrected chi connectivity index (χ3v) is 5.47. The quantitative estimate of drug-likeness (QED) is 0.665. The minimum atomic E-state index is -4.04. The van der Waals surface area contributed by atoms with Crippen LogP contribution in [0.2, 0.25) is 5.02 Å². The maximum absolute atomic E-state index is 13.0. The van der Waals surface area contributed by atoms with E-state index in [2.05, 4.69) is 10.0 Å². The van der Waals surface area contributed by atoms with E-state index in [1.54, 1.807) is 19.9 Å². The van der Waals surface area contributed by atoms with Crippen molar-refractivity contribution in [1.29, 1.82) is 0 Å². The molecular weight excluding hydrogens is 388 g/mol. The molecule has 6 nitrogen and oxygen atoms in total. The van der Waals surface area contributed by atoms with Gasteiger partial charge in [0.2, 0.25) is 15.9 Å². The molecule has 1 unspecified atom stereocenters. The fourth-order valence-electron chi connectivity index (χ4n) is 2.55. The van der Waals surface area contributed by atoms with Crippen molar-refractivity contribution in [3.8, 4) is 5.75 Å². The monoisotopic (exact) mass is 410 g/mol. The highest BCUT2D eigenvalue weighted by Gasteiger charge is 2.28. The molecule has 0 spiro atoms. The standard InChI is InChI=1S/C19H23ClN2O4S/c1-3-21-19(23)16(12-14-8-6-5-7-9-14)22-27(24,25)18-13-15(20)10-11-17(18)26-4-2/h5-11,13,16,22H,3-4,12H2,1-2H3,(H,21,23). The average Bonchev–Trinajstić information content (AvgIpc) is 2.63. The Morgan fingerprint density at radius 3 is 2.48 bits per heavy atom. The molecule has 0 aromatic heterocycles. The number of hydrogen-bond acceptors (Lipinski definition) is 4. The van der Waals surface area contributed by atoms with Gasteiger partial charge in [0.05, 0.1) is 6.61 Å². The Balaban J connectivity index is 2.35. The van der Waals surface area contributed by atoms with Crippen LogP contribution in [0.15, 0.2) is 53.4 Å². The number of carbonyl (C=O) groups excluding carboxylic acids is 1. The molecule has 0 saturated heterocycles. The first kappa shape index (κ1) is 21.2. The Labute approximate surface area is 164 Å². The van der Waals surface area contributed by atoms with Crippen LogP contribution in [0.4, 0.5) is 0 Å². The molecule has 2 N–H and O–H groups in total. The molecule has 0 radical (unpaired) electrons. The van der Waals surface area contributed by atoms with E-state index >= 15 is 0 Å². The van der Waals surface area contributed by atoms with Crippen molar-refractivity contribution in [3.05, 3.63) is 59.1 Å². The summed E-state index contributed by atoms with van der Waals surface area (Å²) in [7, 11) is -4.04. The van der Waals surface area contributed by atoms with E-state index in [0.29, 0.717) is 13.2 Å². The molecule has 0 saturated carbocycles. The van der Waals surface area contributed by atoms with E-state index in [4.69, 9.17) is 16.3 Å². The minimum Gasteiger partial charge on any atom is -0.492 e. The first-order valence-electron chi connectivity index (χ1n) is 8.63. The van der Waals surface area contributed by atoms with Gasteiger partial charge in [0.1, 0.15) is 16.7 Å². The number of ether oxygens (including phenoxy) is 1. The molecule has 2 rings (SSSR count). The Bertz CT molecular complexity index is 873. The van der Waals surface area contributed by atoms with Crippen molar-refractivity contribution in [3.63, 3.8) is 0 Å². The van der Waals surface area contributed by atoms with Gasteiger partial charge in [-0.3, -0.25) is 4.79 Å². The molecule has 0 fully saturated rings. The lowest BCUT2D eigenvalue weighted by Crippen LogP contribution is -2.47. The lowest BCUT2D eigenvalue weighted by Gasteiger charge is -2.19. The summed E-state index contributed by atoms with van der Waals surface area (Å²) in [4.78, 5) is 12.3. The van der Waals surface area contributed by atoms with Gasteiger partial charge in [-0.25, -0.2) is 8.42 Å². The van der Waals surface area contributed by atoms with Crippen LogP contribution in [0.25, 0.3) is 0 Å². The van der Waals surface area contributed by atoms with E-state index < -0.39 is 22.0 Å². The van der Waals surface area contributed by atoms with Crippen molar-refractivity contribution in [2.45, 2.75) is 31.2 Å². The number of carbonyl (C=O) groups is 1. The molecule has 2 aromatic carbocycles. The van der Waals surface area contributed by atoms with Crippen molar-refractivity contribution < 1.29 is 17.9 Å². The first-order valence-corrected chi connectivity index (χ1v) is 10.5. The molecular formula is C19H23ClN2O4S. The molecule has 0 aliphatic rings. The zero-order valence-electron chi connectivity index (χ0n) is 15.2. The van der Waals surface area contributed by atoms with E-state index in [1.165, 1.54) is 12.1 Å². The number of likely N-dealkylation sites (N-methyl/N-ethyl adjacent to an activating group) is 1. The zero-order chi connectivity index (χ0) is 19.9. The number of amides is 1. The molecule has 27 heavy (non-hydrogen) atoms. The van der Waals surface area contributed by atoms with Gasteiger partial charge in [0, 0.05) is 11.6 Å². The summed E-state index contributed by atoms with van der Waals surface area (Å²) in [5.41, 5.74) is 0.840. The normalized spacial score (nSPS) is 12.4. The lowest BCUT2D eigenvalue weighted by atomic mass is 10.1. The second-order valence-electron chi connectivity index (χ2n) is 5.78. The molecule has 0 heterocycles. The molecule has 0 aliphatic heterocycles. The fraction of sp³-hybridized carbons (Fsp3) is 0.316. The molecule has 1 amide bonds. The SMILES string of the molecule is CCNC(=O)C(Cc1ccccc1)NS(=O)(=O)c1cc(Cl)ccc1OCC. The van der Waals surface area contributed by atoms with Gasteiger partial charge in [-0.2, -0.15) is 4.72 Å². The first-order chi connectivity index (χ1) is 12.9. The van der Waals surface area contributed by atoms with Gasteiger partial charge in [-0.1, -0.05) is 41.9 Å². The molecule has 0 aliphatic carbocycles. The van der Waals surface area contributed by atoms with Crippen molar-refractivity contribution in [2.24, 2.45) is 0 Å². The summed E-state index contributed by atoms with van der Waals surface area (Å²) in [6.07, 6.45) is 0.219. The van der Waals surface area contributed by atoms with Crippen molar-refractivity contribution in [2.75, 3.05) is 13.2 Å². The largest absolute Gasteiger partial charge is 0.492 e. The summed E-state index contributed by atoms with van der Waals surface area (Å²) < 4.78 is 33.8. The molecule has 146 valence electrons. The second-order valence-corrected chi connectivity index (χ2v) is 7.90. The van der Waals surface area contributed by atoms with Crippen LogP contribution in [-0.2, 0) is 21.2 Å². The van der Waals surface area contributed by atoms with Gasteiger partial charge < -0.3 is 10.1 Å². The zero-order valence-corrected chi connectivity index (χ0v) is 16.8. The smallest absolute Gasteiger partial charge is 0.245 e. The van der Waals surface area contributed by atoms with E-state index in [-0.39, 0.29) is 22.1 Å². The predicted molar refractivity (Wildman–Crippen MR) is 106 cm³/mol. The number of sulfonamides is 1. The topological polar surface area (TPSA) is 84.5 Å². The van der Waals surface area contributed by atoms with Crippen LogP contribution in [0.3, 0.4) is 0 Å². The number of rotatable bonds is 9. The van der Waals surface area contributed by atoms with Crippen LogP contribution < -0.4 is 14.8 Å². The number of benzene rings is 2. The highest BCUT2D eigenvalue weighted by Crippen LogP contribution is 2.27. The molecule has 8 heteroatoms. The van der Waals surface area contributed by atoms with Gasteiger partial charge in [-0.05, 0) is 44.0 Å². The third kappa shape index (κ3) is 5.95. The highest BCUT2D eigenvalue weighted by atomic mass is 35.5. The summed E-state index contributed by atoms with van der Waals surface area (Å²) in [6.45, 7) is 4.22. The van der Waals surface area contributed by atoms with Crippen LogP contribution in [-0.4, -0.2) is 33.5 Å². The maximum atomic E-state index is 13.0. The van der Waals surface area contributed by atoms with Gasteiger partial charge in [0.25, 0.3) is 0 Å². The van der Waals surface area contributed by atoms with Crippen molar-refractivity contribution in [1.82, 2.24) is 10.0 Å². The Morgan fingerprint density at radius 2 is 1.85 bits per heavy atom. The second kappa shape index (κ2) is 9.73. The maximum Gasteiger partial charge on any atom is 0.245 e. The van der Waals surface area contributed by atoms with Gasteiger partial charge in [0.15, 0.2) is 0 Å². The molecule has 2 aromatic rings. The van der Waals surface area contributed by atoms with E-state index in [1.807, 2.05) is 30.3 Å². The molecule has 1 atom stereocenters. The van der Waals surface area contributed by atoms with Crippen LogP contribution >= 0.6 is 11.6 Å². The summed E-state index contributed by atoms with van der Waals surface area (Å²) in [5.74, 6) is -0.214. The predicted octanol–water partition coefficient (Wildman–Crippen LogP) is 2.76. The van der Waals surface area contributed by atoms with Crippen LogP contribution in [0, 0.1) is 0 Å². The highest BCUT2D eigenvalue weighted by molar-refractivity contribution is 7.89. The summed E-state index contributed by atoms with van der Waals surface area (Å²) in [6, 6.07) is 12.6. The van der Waals surface area contributed by atoms with Gasteiger partial charge >= 0.3 is 0 Å². The lowest BCUT2D eigenvalue weighted by molar-refractivity contribution is -0.122. The number of hydrogen-bond donors (Lipinski definition) is 2. The Kier molecular flexibility index (Phi) is 7.65. The van der Waals surface area contributed by atoms with E-state index in [9.17, 15) is 13.2 Å². The summed E-state index contributed by atoms with van der Waals surface area (Å²) >= 11 is 5.97. The molecule has 0 bridgehead atoms. The fourth-order valence-corrected chi connectivity index (χ4v) is 4.16.